The third-order valence-electron chi connectivity index (χ3n) is 10.1. The van der Waals surface area contributed by atoms with E-state index in [4.69, 9.17) is 0 Å². The third kappa shape index (κ3) is 16.9. The summed E-state index contributed by atoms with van der Waals surface area (Å²) in [4.78, 5) is 0. The second-order valence-electron chi connectivity index (χ2n) is 19.0. The minimum absolute atomic E-state index is 0. The molecule has 61 heavy (non-hydrogen) atoms. The summed E-state index contributed by atoms with van der Waals surface area (Å²) >= 11 is 3.11. The third-order valence-corrected chi connectivity index (χ3v) is 10.1. The van der Waals surface area contributed by atoms with Gasteiger partial charge in [-0.15, -0.1) is 111 Å². The van der Waals surface area contributed by atoms with Crippen molar-refractivity contribution in [3.05, 3.63) is 161 Å². The number of allylic oxidation sites excluding steroid dienone is 4. The number of hydrogen-bond acceptors (Lipinski definition) is 0. The van der Waals surface area contributed by atoms with E-state index in [9.17, 15) is 0 Å². The van der Waals surface area contributed by atoms with E-state index < -0.39 is 0 Å². The van der Waals surface area contributed by atoms with E-state index in [-0.39, 0.29) is 65.9 Å². The maximum Gasteiger partial charge on any atom is -0.0771 e. The summed E-state index contributed by atoms with van der Waals surface area (Å²) in [6, 6.07) is 43.7. The first kappa shape index (κ1) is 59.1. The molecule has 1 aliphatic rings. The SMILES string of the molecule is CC1=CC(C(C)(C)C)=CC1c1cc(C(C)(C)C)cc2c1[cH-]c1ccc(C(C)(C)C)cc12.C[C](C)=[Zr+2].C[C](C)=[Zr+2].Cl.Cl.Cl.[Cl-].c1cc[cH-]c1.c1ccc2c(c1)[cH-]c1ccccc12. The van der Waals surface area contributed by atoms with Crippen molar-refractivity contribution < 1.29 is 60.9 Å². The van der Waals surface area contributed by atoms with Gasteiger partial charge in [-0.1, -0.05) is 157 Å². The van der Waals surface area contributed by atoms with Crippen LogP contribution in [0.3, 0.4) is 0 Å². The molecule has 1 aliphatic carbocycles. The van der Waals surface area contributed by atoms with Crippen molar-refractivity contribution in [2.75, 3.05) is 0 Å². The van der Waals surface area contributed by atoms with Crippen molar-refractivity contribution in [1.29, 1.82) is 0 Å². The van der Waals surface area contributed by atoms with Gasteiger partial charge in [-0.25, -0.2) is 12.1 Å². The standard InChI is InChI=1S/C31H39.C13H9.C5H5.2C3H6.4ClH.2Zr/c1-19-13-22(30(5,6)7)16-24(19)27-17-23(31(8,9)10)18-28-25-15-21(29(2,3)4)12-11-20(25)14-26(27)28;1-3-7-12-10(5-1)9-11-6-2-4-8-13(11)12;1-2-4-5-3-1;2*1-3-2;;;;;;/h11-18,24H,1-10H3;1-9H;1-5H;2*1-2H3;4*1H;;/q3*-1;;;;;;;2*+2/p-1. The summed E-state index contributed by atoms with van der Waals surface area (Å²) in [6.45, 7) is 31.6. The Kier molecular flexibility index (Phi) is 24.8. The molecule has 0 aliphatic heterocycles. The van der Waals surface area contributed by atoms with Gasteiger partial charge >= 0.3 is 82.6 Å². The zero-order valence-corrected chi connectivity index (χ0v) is 47.0. The van der Waals surface area contributed by atoms with Crippen LogP contribution in [0.5, 0.6) is 0 Å². The van der Waals surface area contributed by atoms with Gasteiger partial charge in [0.1, 0.15) is 0 Å². The first-order chi connectivity index (χ1) is 26.6. The molecule has 1 atom stereocenters. The minimum Gasteiger partial charge on any atom is -1.00 e. The van der Waals surface area contributed by atoms with E-state index in [0.29, 0.717) is 5.92 Å². The Morgan fingerprint density at radius 2 is 0.967 bits per heavy atom. The molecule has 0 spiro atoms. The number of hydrogen-bond donors (Lipinski definition) is 0. The topological polar surface area (TPSA) is 0 Å². The first-order valence-electron chi connectivity index (χ1n) is 20.4. The number of halogens is 4. The van der Waals surface area contributed by atoms with Gasteiger partial charge in [-0.05, 0) is 34.7 Å². The molecule has 0 amide bonds. The average molecular weight is 1050 g/mol. The van der Waals surface area contributed by atoms with Crippen molar-refractivity contribution >= 4 is 86.7 Å². The molecule has 6 heteroatoms. The fourth-order valence-electron chi connectivity index (χ4n) is 7.01. The molecule has 7 aromatic carbocycles. The van der Waals surface area contributed by atoms with Crippen LogP contribution in [-0.4, -0.2) is 6.41 Å². The van der Waals surface area contributed by atoms with E-state index in [2.05, 4.69) is 200 Å². The Morgan fingerprint density at radius 1 is 0.525 bits per heavy atom. The molecular formula is C55H68Cl4Zr2. The normalized spacial score (nSPS) is 13.1. The Balaban J connectivity index is 0.000000984. The van der Waals surface area contributed by atoms with Crippen LogP contribution >= 0.6 is 37.2 Å². The van der Waals surface area contributed by atoms with E-state index >= 15 is 0 Å². The average Bonchev–Trinajstić information content (AvgIpc) is 3.93. The monoisotopic (exact) mass is 1050 g/mol. The molecule has 1 unspecified atom stereocenters. The van der Waals surface area contributed by atoms with E-state index in [1.807, 2.05) is 30.3 Å². The molecular weight excluding hydrogens is 985 g/mol. The largest absolute Gasteiger partial charge is 1.00 e. The summed E-state index contributed by atoms with van der Waals surface area (Å²) in [7, 11) is 0. The maximum absolute atomic E-state index is 2.51. The van der Waals surface area contributed by atoms with Crippen molar-refractivity contribution in [3.63, 3.8) is 0 Å². The van der Waals surface area contributed by atoms with E-state index in [1.54, 1.807) is 48.5 Å². The van der Waals surface area contributed by atoms with Crippen LogP contribution in [0, 0.1) is 5.41 Å². The van der Waals surface area contributed by atoms with Crippen LogP contribution in [-0.2, 0) is 59.3 Å². The van der Waals surface area contributed by atoms with Gasteiger partial charge in [-0.3, -0.25) is 0 Å². The van der Waals surface area contributed by atoms with Crippen LogP contribution in [0.1, 0.15) is 120 Å². The van der Waals surface area contributed by atoms with Crippen LogP contribution in [0.25, 0.3) is 43.1 Å². The van der Waals surface area contributed by atoms with Gasteiger partial charge in [0, 0.05) is 0 Å². The van der Waals surface area contributed by atoms with Gasteiger partial charge in [0.25, 0.3) is 0 Å². The molecule has 0 aromatic heterocycles. The van der Waals surface area contributed by atoms with Crippen LogP contribution < -0.4 is 12.4 Å². The molecule has 0 heterocycles. The Morgan fingerprint density at radius 3 is 1.38 bits per heavy atom. The van der Waals surface area contributed by atoms with Crippen molar-refractivity contribution in [1.82, 2.24) is 0 Å². The minimum atomic E-state index is 0. The summed E-state index contributed by atoms with van der Waals surface area (Å²) < 4.78 is 3.01. The predicted octanol–water partition coefficient (Wildman–Crippen LogP) is 14.2. The van der Waals surface area contributed by atoms with Gasteiger partial charge in [0.2, 0.25) is 0 Å². The quantitative estimate of drug-likeness (QED) is 0.144. The summed E-state index contributed by atoms with van der Waals surface area (Å²) in [6.07, 6.45) is 4.93. The molecule has 8 rings (SSSR count). The number of rotatable bonds is 1. The van der Waals surface area contributed by atoms with Gasteiger partial charge in [-0.2, -0.15) is 18.2 Å². The first-order valence-corrected chi connectivity index (χ1v) is 22.9. The number of fused-ring (bicyclic) bond motifs is 6. The molecule has 7 aromatic rings. The molecule has 0 fully saturated rings. The van der Waals surface area contributed by atoms with Gasteiger partial charge in [0.05, 0.1) is 0 Å². The predicted molar refractivity (Wildman–Crippen MR) is 272 cm³/mol. The fourth-order valence-corrected chi connectivity index (χ4v) is 7.01. The van der Waals surface area contributed by atoms with Crippen LogP contribution in [0.2, 0.25) is 0 Å². The van der Waals surface area contributed by atoms with Gasteiger partial charge in [0.15, 0.2) is 0 Å². The molecule has 0 N–H and O–H groups in total. The maximum atomic E-state index is 2.51. The van der Waals surface area contributed by atoms with Crippen LogP contribution in [0.4, 0.5) is 0 Å². The molecule has 0 radical (unpaired) electrons. The Labute approximate surface area is 423 Å². The van der Waals surface area contributed by atoms with Crippen molar-refractivity contribution in [3.8, 4) is 0 Å². The van der Waals surface area contributed by atoms with E-state index in [0.717, 1.165) is 0 Å². The summed E-state index contributed by atoms with van der Waals surface area (Å²) in [5, 5.41) is 11.0. The van der Waals surface area contributed by atoms with Crippen molar-refractivity contribution in [2.24, 2.45) is 5.41 Å². The molecule has 0 saturated heterocycles. The van der Waals surface area contributed by atoms with Crippen LogP contribution in [0.15, 0.2) is 145 Å². The molecule has 0 nitrogen and oxygen atoms in total. The van der Waals surface area contributed by atoms with Crippen molar-refractivity contribution in [2.45, 2.75) is 114 Å². The number of benzene rings is 4. The molecule has 324 valence electrons. The summed E-state index contributed by atoms with van der Waals surface area (Å²) in [5.74, 6) is 0.359. The molecule has 0 bridgehead atoms. The smallest absolute Gasteiger partial charge is 0.0771 e. The second-order valence-corrected chi connectivity index (χ2v) is 23.9. The van der Waals surface area contributed by atoms with Gasteiger partial charge < -0.3 is 12.4 Å². The zero-order valence-electron chi connectivity index (χ0n) is 38.9. The molecule has 0 saturated carbocycles. The second kappa shape index (κ2) is 25.6. The Bertz CT molecular complexity index is 2420. The van der Waals surface area contributed by atoms with E-state index in [1.165, 1.54) is 77.3 Å². The Hall–Kier alpha value is -1.88. The fraction of sp³-hybridized carbons (Fsp3) is 0.327. The zero-order chi connectivity index (χ0) is 42.3. The summed E-state index contributed by atoms with van der Waals surface area (Å²) in [5.41, 5.74) is 7.64.